The first-order valence-electron chi connectivity index (χ1n) is 6.67. The minimum atomic E-state index is -0.542. The number of nitrogens with zero attached hydrogens (tertiary/aromatic N) is 1. The number of hydrogen-bond acceptors (Lipinski definition) is 4. The molecule has 0 saturated heterocycles. The van der Waals surface area contributed by atoms with Crippen LogP contribution in [-0.2, 0) is 4.74 Å². The summed E-state index contributed by atoms with van der Waals surface area (Å²) in [6.45, 7) is 7.38. The second-order valence-corrected chi connectivity index (χ2v) is 6.27. The van der Waals surface area contributed by atoms with Crippen LogP contribution in [0.15, 0.2) is 29.4 Å². The maximum Gasteiger partial charge on any atom is 0.412 e. The Kier molecular flexibility index (Phi) is 6.03. The number of nitrogens with one attached hydrogen (secondary N) is 1. The molecule has 21 heavy (non-hydrogen) atoms. The van der Waals surface area contributed by atoms with E-state index in [-0.39, 0.29) is 11.1 Å². The van der Waals surface area contributed by atoms with Gasteiger partial charge in [0, 0.05) is 12.1 Å². The average Bonchev–Trinajstić information content (AvgIpc) is 2.36. The van der Waals surface area contributed by atoms with Crippen molar-refractivity contribution in [2.75, 3.05) is 5.32 Å². The van der Waals surface area contributed by atoms with Crippen LogP contribution >= 0.6 is 11.6 Å². The fourth-order valence-electron chi connectivity index (χ4n) is 1.76. The molecule has 5 nitrogen and oxygen atoms in total. The number of benzene rings is 1. The summed E-state index contributed by atoms with van der Waals surface area (Å²) in [5.41, 5.74) is 1.08. The predicted molar refractivity (Wildman–Crippen MR) is 84.4 cm³/mol. The zero-order valence-corrected chi connectivity index (χ0v) is 13.4. The van der Waals surface area contributed by atoms with Crippen molar-refractivity contribution >= 4 is 28.6 Å². The second-order valence-electron chi connectivity index (χ2n) is 5.83. The number of hydrogen-bond donors (Lipinski definition) is 2. The molecule has 0 heterocycles. The highest BCUT2D eigenvalue weighted by atomic mass is 35.5. The smallest absolute Gasteiger partial charge is 0.412 e. The van der Waals surface area contributed by atoms with E-state index in [0.29, 0.717) is 12.1 Å². The van der Waals surface area contributed by atoms with Crippen molar-refractivity contribution in [3.8, 4) is 0 Å². The molecule has 6 heteroatoms. The minimum absolute atomic E-state index is 0.0637. The van der Waals surface area contributed by atoms with Gasteiger partial charge in [0.05, 0.1) is 0 Å². The SMILES string of the molecule is CC(C/C(Cl)=N/O)c1cccc(NC(=O)OC(C)(C)C)c1. The summed E-state index contributed by atoms with van der Waals surface area (Å²) in [5.74, 6) is 0.0637. The van der Waals surface area contributed by atoms with Gasteiger partial charge in [-0.05, 0) is 44.4 Å². The Hall–Kier alpha value is -1.75. The van der Waals surface area contributed by atoms with E-state index in [1.807, 2.05) is 25.1 Å². The largest absolute Gasteiger partial charge is 0.444 e. The third-order valence-corrected chi connectivity index (χ3v) is 2.91. The molecule has 0 aliphatic rings. The first-order chi connectivity index (χ1) is 9.71. The molecule has 0 radical (unpaired) electrons. The summed E-state index contributed by atoms with van der Waals surface area (Å²) in [6.07, 6.45) is -0.0734. The number of anilines is 1. The zero-order chi connectivity index (χ0) is 16.0. The van der Waals surface area contributed by atoms with Gasteiger partial charge in [-0.15, -0.1) is 0 Å². The summed E-state index contributed by atoms with van der Waals surface area (Å²) in [5, 5.41) is 14.4. The van der Waals surface area contributed by atoms with Crippen LogP contribution in [0.3, 0.4) is 0 Å². The van der Waals surface area contributed by atoms with Crippen LogP contribution in [0, 0.1) is 0 Å². The second kappa shape index (κ2) is 7.31. The van der Waals surface area contributed by atoms with Crippen LogP contribution in [0.5, 0.6) is 0 Å². The number of halogens is 1. The van der Waals surface area contributed by atoms with Crippen molar-refractivity contribution < 1.29 is 14.7 Å². The summed E-state index contributed by atoms with van der Waals surface area (Å²) < 4.78 is 5.20. The molecule has 0 spiro atoms. The topological polar surface area (TPSA) is 70.9 Å². The maximum atomic E-state index is 11.7. The Bertz CT molecular complexity index is 524. The first-order valence-corrected chi connectivity index (χ1v) is 7.05. The molecule has 0 aromatic heterocycles. The van der Waals surface area contributed by atoms with E-state index in [2.05, 4.69) is 10.5 Å². The van der Waals surface area contributed by atoms with Gasteiger partial charge in [0.15, 0.2) is 0 Å². The first kappa shape index (κ1) is 17.3. The molecule has 0 saturated carbocycles. The molecule has 1 unspecified atom stereocenters. The van der Waals surface area contributed by atoms with E-state index in [0.717, 1.165) is 5.56 Å². The van der Waals surface area contributed by atoms with Crippen molar-refractivity contribution in [3.05, 3.63) is 29.8 Å². The molecule has 1 aromatic rings. The third-order valence-electron chi connectivity index (χ3n) is 2.68. The molecule has 2 N–H and O–H groups in total. The highest BCUT2D eigenvalue weighted by Crippen LogP contribution is 2.23. The molecule has 0 aliphatic heterocycles. The maximum absolute atomic E-state index is 11.7. The van der Waals surface area contributed by atoms with E-state index in [1.165, 1.54) is 0 Å². The van der Waals surface area contributed by atoms with Crippen molar-refractivity contribution in [1.82, 2.24) is 0 Å². The molecule has 1 atom stereocenters. The Morgan fingerprint density at radius 3 is 2.71 bits per heavy atom. The van der Waals surface area contributed by atoms with Gasteiger partial charge >= 0.3 is 6.09 Å². The van der Waals surface area contributed by atoms with Gasteiger partial charge in [-0.3, -0.25) is 5.32 Å². The third kappa shape index (κ3) is 6.49. The van der Waals surface area contributed by atoms with Crippen LogP contribution in [-0.4, -0.2) is 22.1 Å². The molecule has 0 fully saturated rings. The molecule has 1 rings (SSSR count). The van der Waals surface area contributed by atoms with Crippen molar-refractivity contribution in [3.63, 3.8) is 0 Å². The van der Waals surface area contributed by atoms with Gasteiger partial charge in [0.2, 0.25) is 0 Å². The lowest BCUT2D eigenvalue weighted by Crippen LogP contribution is -2.27. The van der Waals surface area contributed by atoms with Gasteiger partial charge in [-0.1, -0.05) is 35.8 Å². The predicted octanol–water partition coefficient (Wildman–Crippen LogP) is 4.55. The van der Waals surface area contributed by atoms with Crippen molar-refractivity contribution in [1.29, 1.82) is 0 Å². The Labute approximate surface area is 129 Å². The highest BCUT2D eigenvalue weighted by molar-refractivity contribution is 6.65. The normalized spacial score (nSPS) is 13.7. The van der Waals surface area contributed by atoms with E-state index < -0.39 is 11.7 Å². The van der Waals surface area contributed by atoms with Crippen LogP contribution in [0.1, 0.15) is 45.6 Å². The summed E-state index contributed by atoms with van der Waals surface area (Å²) >= 11 is 5.72. The molecular weight excluding hydrogens is 292 g/mol. The fraction of sp³-hybridized carbons (Fsp3) is 0.467. The molecule has 1 amide bonds. The Morgan fingerprint density at radius 1 is 1.48 bits per heavy atom. The van der Waals surface area contributed by atoms with Gasteiger partial charge in [0.1, 0.15) is 10.8 Å². The number of carbonyl (C=O) groups excluding carboxylic acids is 1. The van der Waals surface area contributed by atoms with Gasteiger partial charge in [-0.2, -0.15) is 0 Å². The van der Waals surface area contributed by atoms with Gasteiger partial charge in [0.25, 0.3) is 0 Å². The van der Waals surface area contributed by atoms with E-state index >= 15 is 0 Å². The van der Waals surface area contributed by atoms with E-state index in [9.17, 15) is 4.79 Å². The van der Waals surface area contributed by atoms with Crippen molar-refractivity contribution in [2.24, 2.45) is 5.16 Å². The Balaban J connectivity index is 2.74. The standard InChI is InChI=1S/C15H21ClN2O3/c1-10(8-13(16)18-20)11-6-5-7-12(9-11)17-14(19)21-15(2,3)4/h5-7,9-10,20H,8H2,1-4H3,(H,17,19)/b18-13-. The molecular formula is C15H21ClN2O3. The van der Waals surface area contributed by atoms with Crippen LogP contribution in [0.25, 0.3) is 0 Å². The van der Waals surface area contributed by atoms with Crippen LogP contribution in [0.2, 0.25) is 0 Å². The van der Waals surface area contributed by atoms with E-state index in [4.69, 9.17) is 21.5 Å². The molecule has 1 aromatic carbocycles. The minimum Gasteiger partial charge on any atom is -0.444 e. The number of rotatable bonds is 4. The van der Waals surface area contributed by atoms with Crippen LogP contribution < -0.4 is 5.32 Å². The number of amides is 1. The van der Waals surface area contributed by atoms with Crippen LogP contribution in [0.4, 0.5) is 10.5 Å². The average molecular weight is 313 g/mol. The highest BCUT2D eigenvalue weighted by Gasteiger charge is 2.16. The quantitative estimate of drug-likeness (QED) is 0.486. The van der Waals surface area contributed by atoms with Gasteiger partial charge < -0.3 is 9.94 Å². The monoisotopic (exact) mass is 312 g/mol. The molecule has 0 bridgehead atoms. The van der Waals surface area contributed by atoms with E-state index in [1.54, 1.807) is 26.8 Å². The number of carbonyl (C=O) groups is 1. The Morgan fingerprint density at radius 2 is 2.14 bits per heavy atom. The molecule has 116 valence electrons. The summed E-state index contributed by atoms with van der Waals surface area (Å²) in [4.78, 5) is 11.7. The van der Waals surface area contributed by atoms with Crippen molar-refractivity contribution in [2.45, 2.75) is 45.6 Å². The summed E-state index contributed by atoms with van der Waals surface area (Å²) in [6, 6.07) is 7.38. The lowest BCUT2D eigenvalue weighted by Gasteiger charge is -2.20. The van der Waals surface area contributed by atoms with Gasteiger partial charge in [-0.25, -0.2) is 4.79 Å². The number of ether oxygens (including phenoxy) is 1. The lowest BCUT2D eigenvalue weighted by atomic mass is 9.98. The fourth-order valence-corrected chi connectivity index (χ4v) is 1.99. The number of oxime groups is 1. The summed E-state index contributed by atoms with van der Waals surface area (Å²) in [7, 11) is 0. The zero-order valence-electron chi connectivity index (χ0n) is 12.7. The molecule has 0 aliphatic carbocycles. The lowest BCUT2D eigenvalue weighted by molar-refractivity contribution is 0.0636.